The SMILES string of the molecule is CCOc1cc(F)c(CO)c(F)c1. The number of rotatable bonds is 3. The van der Waals surface area contributed by atoms with E-state index in [-0.39, 0.29) is 11.3 Å². The van der Waals surface area contributed by atoms with Crippen molar-refractivity contribution < 1.29 is 18.6 Å². The molecule has 0 fully saturated rings. The first-order valence-electron chi connectivity index (χ1n) is 3.90. The van der Waals surface area contributed by atoms with Crippen LogP contribution in [-0.2, 0) is 6.61 Å². The van der Waals surface area contributed by atoms with E-state index in [9.17, 15) is 8.78 Å². The Labute approximate surface area is 74.8 Å². The third-order valence-electron chi connectivity index (χ3n) is 1.58. The molecule has 0 radical (unpaired) electrons. The van der Waals surface area contributed by atoms with Gasteiger partial charge in [-0.05, 0) is 6.92 Å². The van der Waals surface area contributed by atoms with Gasteiger partial charge in [0.05, 0.1) is 13.2 Å². The fourth-order valence-electron chi connectivity index (χ4n) is 0.981. The van der Waals surface area contributed by atoms with Gasteiger partial charge in [-0.3, -0.25) is 0 Å². The van der Waals surface area contributed by atoms with Crippen LogP contribution in [-0.4, -0.2) is 11.7 Å². The highest BCUT2D eigenvalue weighted by atomic mass is 19.1. The molecule has 0 saturated heterocycles. The van der Waals surface area contributed by atoms with E-state index in [1.165, 1.54) is 0 Å². The van der Waals surface area contributed by atoms with Crippen LogP contribution < -0.4 is 4.74 Å². The first-order chi connectivity index (χ1) is 6.19. The summed E-state index contributed by atoms with van der Waals surface area (Å²) in [6.45, 7) is 1.41. The maximum absolute atomic E-state index is 13.0. The van der Waals surface area contributed by atoms with Crippen molar-refractivity contribution in [3.05, 3.63) is 29.3 Å². The van der Waals surface area contributed by atoms with Crippen molar-refractivity contribution in [1.29, 1.82) is 0 Å². The average Bonchev–Trinajstić information content (AvgIpc) is 2.04. The molecule has 0 spiro atoms. The number of hydrogen-bond acceptors (Lipinski definition) is 2. The quantitative estimate of drug-likeness (QED) is 0.784. The minimum absolute atomic E-state index is 0.134. The maximum Gasteiger partial charge on any atom is 0.135 e. The molecule has 0 unspecified atom stereocenters. The van der Waals surface area contributed by atoms with Crippen molar-refractivity contribution in [2.24, 2.45) is 0 Å². The Morgan fingerprint density at radius 1 is 1.31 bits per heavy atom. The van der Waals surface area contributed by atoms with Crippen LogP contribution >= 0.6 is 0 Å². The van der Waals surface area contributed by atoms with E-state index in [0.29, 0.717) is 6.61 Å². The minimum atomic E-state index is -0.786. The third-order valence-corrected chi connectivity index (χ3v) is 1.58. The second kappa shape index (κ2) is 4.18. The lowest BCUT2D eigenvalue weighted by Gasteiger charge is -2.06. The third kappa shape index (κ3) is 2.15. The Morgan fingerprint density at radius 3 is 2.23 bits per heavy atom. The predicted molar refractivity (Wildman–Crippen MR) is 43.4 cm³/mol. The first kappa shape index (κ1) is 9.92. The van der Waals surface area contributed by atoms with Crippen LogP contribution in [0.4, 0.5) is 8.78 Å². The maximum atomic E-state index is 13.0. The molecular formula is C9H10F2O2. The predicted octanol–water partition coefficient (Wildman–Crippen LogP) is 1.86. The second-order valence-electron chi connectivity index (χ2n) is 2.46. The summed E-state index contributed by atoms with van der Waals surface area (Å²) in [4.78, 5) is 0. The zero-order valence-corrected chi connectivity index (χ0v) is 7.18. The highest BCUT2D eigenvalue weighted by Crippen LogP contribution is 2.20. The van der Waals surface area contributed by atoms with Gasteiger partial charge in [-0.15, -0.1) is 0 Å². The molecular weight excluding hydrogens is 178 g/mol. The lowest BCUT2D eigenvalue weighted by molar-refractivity contribution is 0.267. The molecule has 0 aliphatic carbocycles. The summed E-state index contributed by atoms with van der Waals surface area (Å²) in [5.41, 5.74) is -0.330. The molecule has 1 aromatic rings. The van der Waals surface area contributed by atoms with Gasteiger partial charge in [0.1, 0.15) is 17.4 Å². The number of aliphatic hydroxyl groups is 1. The van der Waals surface area contributed by atoms with Crippen molar-refractivity contribution in [2.45, 2.75) is 13.5 Å². The number of halogens is 2. The van der Waals surface area contributed by atoms with Gasteiger partial charge in [0.25, 0.3) is 0 Å². The summed E-state index contributed by atoms with van der Waals surface area (Å²) < 4.78 is 30.8. The molecule has 0 atom stereocenters. The van der Waals surface area contributed by atoms with E-state index in [2.05, 4.69) is 0 Å². The van der Waals surface area contributed by atoms with E-state index >= 15 is 0 Å². The van der Waals surface area contributed by atoms with Gasteiger partial charge in [0.15, 0.2) is 0 Å². The van der Waals surface area contributed by atoms with Crippen LogP contribution in [0.3, 0.4) is 0 Å². The monoisotopic (exact) mass is 188 g/mol. The lowest BCUT2D eigenvalue weighted by atomic mass is 10.2. The number of benzene rings is 1. The van der Waals surface area contributed by atoms with E-state index in [0.717, 1.165) is 12.1 Å². The van der Waals surface area contributed by atoms with Crippen LogP contribution in [0.2, 0.25) is 0 Å². The molecule has 1 aromatic carbocycles. The molecule has 0 aliphatic heterocycles. The Balaban J connectivity index is 3.05. The zero-order chi connectivity index (χ0) is 9.84. The zero-order valence-electron chi connectivity index (χ0n) is 7.18. The summed E-state index contributed by atoms with van der Waals surface area (Å²) in [5, 5.41) is 8.60. The molecule has 1 N–H and O–H groups in total. The standard InChI is InChI=1S/C9H10F2O2/c1-2-13-6-3-8(10)7(5-12)9(11)4-6/h3-4,12H,2,5H2,1H3. The van der Waals surface area contributed by atoms with Crippen LogP contribution in [0.1, 0.15) is 12.5 Å². The molecule has 0 heterocycles. The van der Waals surface area contributed by atoms with Gasteiger partial charge in [-0.2, -0.15) is 0 Å². The topological polar surface area (TPSA) is 29.5 Å². The van der Waals surface area contributed by atoms with Gasteiger partial charge in [-0.1, -0.05) is 0 Å². The van der Waals surface area contributed by atoms with Crippen LogP contribution in [0.5, 0.6) is 5.75 Å². The van der Waals surface area contributed by atoms with Gasteiger partial charge in [0.2, 0.25) is 0 Å². The minimum Gasteiger partial charge on any atom is -0.494 e. The highest BCUT2D eigenvalue weighted by molar-refractivity contribution is 5.30. The summed E-state index contributed by atoms with van der Waals surface area (Å²) in [7, 11) is 0. The number of ether oxygens (including phenoxy) is 1. The fourth-order valence-corrected chi connectivity index (χ4v) is 0.981. The second-order valence-corrected chi connectivity index (χ2v) is 2.46. The number of hydrogen-bond donors (Lipinski definition) is 1. The normalized spacial score (nSPS) is 10.2. The van der Waals surface area contributed by atoms with E-state index < -0.39 is 18.2 Å². The van der Waals surface area contributed by atoms with Crippen LogP contribution in [0, 0.1) is 11.6 Å². The number of aliphatic hydroxyl groups excluding tert-OH is 1. The first-order valence-corrected chi connectivity index (χ1v) is 3.90. The molecule has 2 nitrogen and oxygen atoms in total. The van der Waals surface area contributed by atoms with Crippen LogP contribution in [0.15, 0.2) is 12.1 Å². The molecule has 0 bridgehead atoms. The van der Waals surface area contributed by atoms with Gasteiger partial charge in [-0.25, -0.2) is 8.78 Å². The summed E-state index contributed by atoms with van der Waals surface area (Å²) >= 11 is 0. The van der Waals surface area contributed by atoms with E-state index in [1.807, 2.05) is 0 Å². The van der Waals surface area contributed by atoms with Gasteiger partial charge >= 0.3 is 0 Å². The van der Waals surface area contributed by atoms with Crippen molar-refractivity contribution in [1.82, 2.24) is 0 Å². The molecule has 0 amide bonds. The molecule has 13 heavy (non-hydrogen) atoms. The molecule has 4 heteroatoms. The van der Waals surface area contributed by atoms with Crippen LogP contribution in [0.25, 0.3) is 0 Å². The van der Waals surface area contributed by atoms with E-state index in [4.69, 9.17) is 9.84 Å². The molecule has 0 aromatic heterocycles. The average molecular weight is 188 g/mol. The smallest absolute Gasteiger partial charge is 0.135 e. The Hall–Kier alpha value is -1.16. The summed E-state index contributed by atoms with van der Waals surface area (Å²) in [6, 6.07) is 2.11. The Morgan fingerprint density at radius 2 is 1.85 bits per heavy atom. The Bertz CT molecular complexity index is 277. The molecule has 1 rings (SSSR count). The van der Waals surface area contributed by atoms with Crippen molar-refractivity contribution in [3.8, 4) is 5.75 Å². The molecule has 0 saturated carbocycles. The summed E-state index contributed by atoms with van der Waals surface area (Å²) in [5.74, 6) is -1.44. The van der Waals surface area contributed by atoms with Crippen molar-refractivity contribution in [2.75, 3.05) is 6.61 Å². The molecule has 0 aliphatic rings. The van der Waals surface area contributed by atoms with E-state index in [1.54, 1.807) is 6.92 Å². The van der Waals surface area contributed by atoms with Crippen molar-refractivity contribution in [3.63, 3.8) is 0 Å². The highest BCUT2D eigenvalue weighted by Gasteiger charge is 2.10. The largest absolute Gasteiger partial charge is 0.494 e. The van der Waals surface area contributed by atoms with Gasteiger partial charge in [0, 0.05) is 17.7 Å². The summed E-state index contributed by atoms with van der Waals surface area (Å²) in [6.07, 6.45) is 0. The van der Waals surface area contributed by atoms with Gasteiger partial charge < -0.3 is 9.84 Å². The Kier molecular flexibility index (Phi) is 3.19. The van der Waals surface area contributed by atoms with Crippen molar-refractivity contribution >= 4 is 0 Å². The lowest BCUT2D eigenvalue weighted by Crippen LogP contribution is -1.98. The molecule has 72 valence electrons. The fraction of sp³-hybridized carbons (Fsp3) is 0.333.